The summed E-state index contributed by atoms with van der Waals surface area (Å²) in [4.78, 5) is 16.2. The number of hydrogen-bond acceptors (Lipinski definition) is 7. The van der Waals surface area contributed by atoms with Gasteiger partial charge >= 0.3 is 0 Å². The minimum absolute atomic E-state index is 0.687. The van der Waals surface area contributed by atoms with Crippen LogP contribution in [0.3, 0.4) is 0 Å². The monoisotopic (exact) mass is 459 g/mol. The Morgan fingerprint density at radius 3 is 2.29 bits per heavy atom. The molecule has 0 amide bonds. The number of nitrogens with one attached hydrogen (secondary N) is 1. The molecule has 2 aromatic rings. The zero-order chi connectivity index (χ0) is 23.5. The molecule has 7 nitrogen and oxygen atoms in total. The van der Waals surface area contributed by atoms with E-state index in [1.54, 1.807) is 0 Å². The van der Waals surface area contributed by atoms with Crippen molar-refractivity contribution in [2.75, 3.05) is 45.2 Å². The highest BCUT2D eigenvalue weighted by Crippen LogP contribution is 2.34. The number of aromatic nitrogens is 1. The third-order valence-electron chi connectivity index (χ3n) is 7.37. The number of nitrogens with zero attached hydrogens (tertiary/aromatic N) is 5. The maximum Gasteiger partial charge on any atom is 0.202 e. The molecule has 34 heavy (non-hydrogen) atoms. The number of benzene rings is 1. The van der Waals surface area contributed by atoms with E-state index < -0.39 is 5.66 Å². The number of rotatable bonds is 4. The average Bonchev–Trinajstić information content (AvgIpc) is 2.89. The maximum absolute atomic E-state index is 6.97. The molecule has 7 heteroatoms. The van der Waals surface area contributed by atoms with E-state index in [1.807, 2.05) is 38.5 Å². The highest BCUT2D eigenvalue weighted by molar-refractivity contribution is 5.83. The van der Waals surface area contributed by atoms with Gasteiger partial charge in [-0.25, -0.2) is 9.98 Å². The predicted octanol–water partition coefficient (Wildman–Crippen LogP) is 3.43. The lowest BCUT2D eigenvalue weighted by Gasteiger charge is -2.41. The first-order valence-electron chi connectivity index (χ1n) is 12.6. The molecule has 1 atom stereocenters. The van der Waals surface area contributed by atoms with Crippen LogP contribution in [0.1, 0.15) is 49.1 Å². The van der Waals surface area contributed by atoms with Crippen molar-refractivity contribution in [3.63, 3.8) is 0 Å². The Labute approximate surface area is 203 Å². The van der Waals surface area contributed by atoms with Crippen molar-refractivity contribution in [3.05, 3.63) is 71.7 Å². The van der Waals surface area contributed by atoms with Gasteiger partial charge in [-0.3, -0.25) is 5.73 Å². The molecule has 0 bridgehead atoms. The van der Waals surface area contributed by atoms with E-state index in [4.69, 9.17) is 10.7 Å². The van der Waals surface area contributed by atoms with Gasteiger partial charge in [-0.15, -0.1) is 0 Å². The van der Waals surface area contributed by atoms with Gasteiger partial charge in [0.2, 0.25) is 5.96 Å². The summed E-state index contributed by atoms with van der Waals surface area (Å²) in [6, 6.07) is 15.0. The Morgan fingerprint density at radius 1 is 0.941 bits per heavy atom. The molecule has 5 rings (SSSR count). The average molecular weight is 460 g/mol. The summed E-state index contributed by atoms with van der Waals surface area (Å²) in [5.41, 5.74) is 8.54. The Hall–Kier alpha value is -3.06. The molecule has 1 aromatic heterocycles. The largest absolute Gasteiger partial charge is 0.364 e. The third-order valence-corrected chi connectivity index (χ3v) is 7.37. The van der Waals surface area contributed by atoms with Crippen LogP contribution in [0.25, 0.3) is 0 Å². The molecular weight excluding hydrogens is 422 g/mol. The number of anilines is 1. The second-order valence-corrected chi connectivity index (χ2v) is 9.93. The lowest BCUT2D eigenvalue weighted by atomic mass is 9.83. The van der Waals surface area contributed by atoms with Crippen LogP contribution >= 0.6 is 0 Å². The molecule has 0 radical (unpaired) electrons. The molecule has 1 saturated carbocycles. The van der Waals surface area contributed by atoms with E-state index in [0.717, 1.165) is 49.3 Å². The van der Waals surface area contributed by atoms with E-state index in [2.05, 4.69) is 55.3 Å². The highest BCUT2D eigenvalue weighted by Gasteiger charge is 2.33. The van der Waals surface area contributed by atoms with Gasteiger partial charge in [0.15, 0.2) is 5.66 Å². The first kappa shape index (κ1) is 22.7. The van der Waals surface area contributed by atoms with Crippen molar-refractivity contribution in [3.8, 4) is 0 Å². The molecule has 1 aromatic carbocycles. The Balaban J connectivity index is 1.35. The van der Waals surface area contributed by atoms with Gasteiger partial charge in [-0.05, 0) is 42.0 Å². The van der Waals surface area contributed by atoms with Gasteiger partial charge in [0.25, 0.3) is 0 Å². The van der Waals surface area contributed by atoms with Crippen LogP contribution in [0.4, 0.5) is 5.82 Å². The Kier molecular flexibility index (Phi) is 6.46. The number of guanidine groups is 1. The summed E-state index contributed by atoms with van der Waals surface area (Å²) in [7, 11) is 4.07. The number of hydrogen-bond donors (Lipinski definition) is 2. The summed E-state index contributed by atoms with van der Waals surface area (Å²) in [6.07, 6.45) is 10.5. The smallest absolute Gasteiger partial charge is 0.202 e. The molecule has 2 aliphatic heterocycles. The number of nitrogens with two attached hydrogens (primary N) is 1. The normalized spacial score (nSPS) is 23.7. The van der Waals surface area contributed by atoms with Gasteiger partial charge in [0.05, 0.1) is 0 Å². The van der Waals surface area contributed by atoms with Crippen molar-refractivity contribution >= 4 is 11.8 Å². The summed E-state index contributed by atoms with van der Waals surface area (Å²) in [5.74, 6) is 3.52. The van der Waals surface area contributed by atoms with E-state index in [0.29, 0.717) is 5.92 Å². The van der Waals surface area contributed by atoms with E-state index in [1.165, 1.54) is 37.7 Å². The van der Waals surface area contributed by atoms with Crippen LogP contribution in [0.15, 0.2) is 65.6 Å². The van der Waals surface area contributed by atoms with Crippen LogP contribution in [0, 0.1) is 0 Å². The zero-order valence-electron chi connectivity index (χ0n) is 20.5. The molecule has 1 saturated heterocycles. The van der Waals surface area contributed by atoms with Gasteiger partial charge in [-0.1, -0.05) is 49.6 Å². The maximum atomic E-state index is 6.97. The standard InChI is InChI=1S/C27H37N7/c1-32(2)25-20-27(28,23-13-11-22(12-14-23)21-8-4-3-5-9-21)31-26(30-25)34-18-16-33(17-19-34)24-10-6-7-15-29-24/h6-7,10-15,20-21H,3-5,8-9,16-19,28H2,1-2H3,(H,30,31). The van der Waals surface area contributed by atoms with E-state index >= 15 is 0 Å². The highest BCUT2D eigenvalue weighted by atomic mass is 15.4. The van der Waals surface area contributed by atoms with Gasteiger partial charge < -0.3 is 20.0 Å². The molecule has 1 unspecified atom stereocenters. The molecule has 1 aliphatic carbocycles. The molecule has 3 heterocycles. The first-order chi connectivity index (χ1) is 16.5. The van der Waals surface area contributed by atoms with Crippen molar-refractivity contribution in [2.24, 2.45) is 10.7 Å². The quantitative estimate of drug-likeness (QED) is 0.730. The first-order valence-corrected chi connectivity index (χ1v) is 12.6. The van der Waals surface area contributed by atoms with Crippen LogP contribution < -0.4 is 16.0 Å². The minimum atomic E-state index is -0.899. The summed E-state index contributed by atoms with van der Waals surface area (Å²) in [5, 5.41) is 3.51. The number of pyridine rings is 1. The van der Waals surface area contributed by atoms with Crippen molar-refractivity contribution in [2.45, 2.75) is 43.7 Å². The van der Waals surface area contributed by atoms with Crippen molar-refractivity contribution in [1.82, 2.24) is 20.1 Å². The van der Waals surface area contributed by atoms with Crippen LogP contribution in [-0.2, 0) is 5.66 Å². The molecular formula is C27H37N7. The van der Waals surface area contributed by atoms with Gasteiger partial charge in [-0.2, -0.15) is 0 Å². The molecule has 180 valence electrons. The molecule has 3 N–H and O–H groups in total. The van der Waals surface area contributed by atoms with Gasteiger partial charge in [0.1, 0.15) is 11.6 Å². The van der Waals surface area contributed by atoms with Crippen molar-refractivity contribution < 1.29 is 0 Å². The molecule has 3 aliphatic rings. The zero-order valence-corrected chi connectivity index (χ0v) is 20.5. The lowest BCUT2D eigenvalue weighted by Crippen LogP contribution is -2.56. The second kappa shape index (κ2) is 9.66. The van der Waals surface area contributed by atoms with Crippen LogP contribution in [0.5, 0.6) is 0 Å². The number of piperazine rings is 1. The van der Waals surface area contributed by atoms with E-state index in [9.17, 15) is 0 Å². The SMILES string of the molecule is CN(C)C1=CC(N)(c2ccc(C3CCCCC3)cc2)N=C(N2CCN(c3ccccn3)CC2)N1. The summed E-state index contributed by atoms with van der Waals surface area (Å²) < 4.78 is 0. The van der Waals surface area contributed by atoms with Crippen LogP contribution in [0.2, 0.25) is 0 Å². The predicted molar refractivity (Wildman–Crippen MR) is 138 cm³/mol. The second-order valence-electron chi connectivity index (χ2n) is 9.93. The summed E-state index contributed by atoms with van der Waals surface area (Å²) >= 11 is 0. The third kappa shape index (κ3) is 4.75. The topological polar surface area (TPSA) is 73.0 Å². The van der Waals surface area contributed by atoms with Crippen molar-refractivity contribution in [1.29, 1.82) is 0 Å². The fourth-order valence-corrected chi connectivity index (χ4v) is 5.28. The summed E-state index contributed by atoms with van der Waals surface area (Å²) in [6.45, 7) is 3.51. The Morgan fingerprint density at radius 2 is 1.65 bits per heavy atom. The molecule has 0 spiro atoms. The van der Waals surface area contributed by atoms with Crippen LogP contribution in [-0.4, -0.2) is 61.0 Å². The van der Waals surface area contributed by atoms with E-state index in [-0.39, 0.29) is 0 Å². The fraction of sp³-hybridized carbons (Fsp3) is 0.481. The number of aliphatic imine (C=N–C) groups is 1. The lowest BCUT2D eigenvalue weighted by molar-refractivity contribution is 0.352. The molecule has 2 fully saturated rings. The van der Waals surface area contributed by atoms with Gasteiger partial charge in [0, 0.05) is 52.5 Å². The minimum Gasteiger partial charge on any atom is -0.364 e. The fourth-order valence-electron chi connectivity index (χ4n) is 5.28. The Bertz CT molecular complexity index is 1020.